The molecule has 2 aromatic rings. The number of thioether (sulfide) groups is 1. The molecule has 0 aliphatic carbocycles. The Kier molecular flexibility index (Phi) is 4.53. The predicted molar refractivity (Wildman–Crippen MR) is 94.4 cm³/mol. The Morgan fingerprint density at radius 2 is 1.87 bits per heavy atom. The number of rotatable bonds is 4. The van der Waals surface area contributed by atoms with Gasteiger partial charge in [-0.15, -0.1) is 23.1 Å². The Balaban J connectivity index is 1.81. The van der Waals surface area contributed by atoms with E-state index in [2.05, 4.69) is 19.1 Å². The first-order valence-electron chi connectivity index (χ1n) is 7.11. The third kappa shape index (κ3) is 3.62. The Labute approximate surface area is 144 Å². The molecule has 1 unspecified atom stereocenters. The van der Waals surface area contributed by atoms with E-state index in [1.807, 2.05) is 4.90 Å². The Hall–Kier alpha value is -1.31. The second-order valence-corrected chi connectivity index (χ2v) is 9.95. The van der Waals surface area contributed by atoms with Gasteiger partial charge in [-0.05, 0) is 36.8 Å². The monoisotopic (exact) mass is 367 g/mol. The van der Waals surface area contributed by atoms with Gasteiger partial charge in [-0.3, -0.25) is 4.79 Å². The molecule has 7 heteroatoms. The number of carbonyl (C=O) groups is 1. The van der Waals surface area contributed by atoms with E-state index in [1.54, 1.807) is 47.4 Å². The van der Waals surface area contributed by atoms with Gasteiger partial charge in [0.1, 0.15) is 5.37 Å². The minimum absolute atomic E-state index is 0.0517. The van der Waals surface area contributed by atoms with Crippen LogP contribution in [-0.4, -0.2) is 31.2 Å². The molecule has 1 amide bonds. The molecule has 0 radical (unpaired) electrons. The minimum Gasteiger partial charge on any atom is -0.321 e. The molecule has 1 aliphatic heterocycles. The van der Waals surface area contributed by atoms with Crippen LogP contribution in [0.3, 0.4) is 0 Å². The minimum atomic E-state index is -3.19. The third-order valence-electron chi connectivity index (χ3n) is 3.68. The van der Waals surface area contributed by atoms with E-state index in [1.165, 1.54) is 16.0 Å². The van der Waals surface area contributed by atoms with Crippen LogP contribution in [0.25, 0.3) is 0 Å². The zero-order valence-electron chi connectivity index (χ0n) is 12.9. The van der Waals surface area contributed by atoms with Crippen molar-refractivity contribution in [3.05, 3.63) is 51.7 Å². The van der Waals surface area contributed by atoms with Crippen LogP contribution < -0.4 is 0 Å². The highest BCUT2D eigenvalue weighted by Crippen LogP contribution is 2.42. The molecular formula is C16H17NO3S3. The zero-order chi connectivity index (χ0) is 16.6. The van der Waals surface area contributed by atoms with Crippen LogP contribution in [-0.2, 0) is 21.2 Å². The number of nitrogens with zero attached hydrogens (tertiary/aromatic N) is 1. The smallest absolute Gasteiger partial charge is 0.234 e. The average Bonchev–Trinajstić information content (AvgIpc) is 3.06. The summed E-state index contributed by atoms with van der Waals surface area (Å²) >= 11 is 3.36. The summed E-state index contributed by atoms with van der Waals surface area (Å²) in [4.78, 5) is 16.8. The number of thiophene rings is 1. The number of carbonyl (C=O) groups excluding carboxylic acids is 1. The highest BCUT2D eigenvalue weighted by Gasteiger charge is 2.33. The lowest BCUT2D eigenvalue weighted by Gasteiger charge is -2.23. The summed E-state index contributed by atoms with van der Waals surface area (Å²) < 4.78 is 23.0. The van der Waals surface area contributed by atoms with Gasteiger partial charge in [0.15, 0.2) is 9.84 Å². The molecule has 0 N–H and O–H groups in total. The number of aryl methyl sites for hydroxylation is 1. The van der Waals surface area contributed by atoms with E-state index in [4.69, 9.17) is 0 Å². The van der Waals surface area contributed by atoms with Gasteiger partial charge in [0.25, 0.3) is 0 Å². The summed E-state index contributed by atoms with van der Waals surface area (Å²) in [5, 5.41) is 0.0517. The molecule has 23 heavy (non-hydrogen) atoms. The summed E-state index contributed by atoms with van der Waals surface area (Å²) in [6.45, 7) is 2.56. The summed E-state index contributed by atoms with van der Waals surface area (Å²) in [6.07, 6.45) is 1.19. The van der Waals surface area contributed by atoms with Gasteiger partial charge < -0.3 is 4.90 Å². The molecule has 1 fully saturated rings. The SMILES string of the molecule is Cc1ccc(C2SCC(=O)N2Cc2ccc(S(C)(=O)=O)cc2)s1. The quantitative estimate of drug-likeness (QED) is 0.832. The molecule has 1 aliphatic rings. The van der Waals surface area contributed by atoms with Crippen LogP contribution >= 0.6 is 23.1 Å². The van der Waals surface area contributed by atoms with E-state index in [0.717, 1.165) is 5.56 Å². The molecule has 122 valence electrons. The Morgan fingerprint density at radius 3 is 2.43 bits per heavy atom. The van der Waals surface area contributed by atoms with Gasteiger partial charge >= 0.3 is 0 Å². The van der Waals surface area contributed by atoms with Gasteiger partial charge in [-0.2, -0.15) is 0 Å². The number of amides is 1. The molecular weight excluding hydrogens is 350 g/mol. The van der Waals surface area contributed by atoms with Gasteiger partial charge in [-0.1, -0.05) is 12.1 Å². The average molecular weight is 368 g/mol. The summed E-state index contributed by atoms with van der Waals surface area (Å²) in [7, 11) is -3.19. The van der Waals surface area contributed by atoms with E-state index >= 15 is 0 Å². The highest BCUT2D eigenvalue weighted by atomic mass is 32.2. The fourth-order valence-electron chi connectivity index (χ4n) is 2.49. The van der Waals surface area contributed by atoms with Crippen LogP contribution in [0, 0.1) is 6.92 Å². The molecule has 1 saturated heterocycles. The van der Waals surface area contributed by atoms with E-state index in [0.29, 0.717) is 17.2 Å². The van der Waals surface area contributed by atoms with Crippen molar-refractivity contribution in [2.24, 2.45) is 0 Å². The maximum Gasteiger partial charge on any atom is 0.234 e. The molecule has 4 nitrogen and oxygen atoms in total. The third-order valence-corrected chi connectivity index (χ3v) is 7.25. The van der Waals surface area contributed by atoms with Crippen LogP contribution in [0.2, 0.25) is 0 Å². The number of sulfone groups is 1. The lowest BCUT2D eigenvalue weighted by molar-refractivity contribution is -0.128. The first kappa shape index (κ1) is 16.5. The standard InChI is InChI=1S/C16H17NO3S3/c1-11-3-8-14(22-11)16-17(15(18)10-21-16)9-12-4-6-13(7-5-12)23(2,19)20/h3-8,16H,9-10H2,1-2H3. The van der Waals surface area contributed by atoms with Gasteiger partial charge in [0.2, 0.25) is 5.91 Å². The molecule has 1 atom stereocenters. The van der Waals surface area contributed by atoms with Crippen molar-refractivity contribution in [2.45, 2.75) is 23.7 Å². The van der Waals surface area contributed by atoms with Gasteiger partial charge in [0.05, 0.1) is 10.6 Å². The number of hydrogen-bond donors (Lipinski definition) is 0. The van der Waals surface area contributed by atoms with Crippen molar-refractivity contribution < 1.29 is 13.2 Å². The second kappa shape index (κ2) is 6.30. The Morgan fingerprint density at radius 1 is 1.17 bits per heavy atom. The zero-order valence-corrected chi connectivity index (χ0v) is 15.3. The van der Waals surface area contributed by atoms with Crippen molar-refractivity contribution in [3.63, 3.8) is 0 Å². The van der Waals surface area contributed by atoms with E-state index < -0.39 is 9.84 Å². The summed E-state index contributed by atoms with van der Waals surface area (Å²) in [6, 6.07) is 10.9. The molecule has 0 bridgehead atoms. The first-order valence-corrected chi connectivity index (χ1v) is 10.9. The van der Waals surface area contributed by atoms with E-state index in [9.17, 15) is 13.2 Å². The molecule has 0 spiro atoms. The fraction of sp³-hybridized carbons (Fsp3) is 0.312. The van der Waals surface area contributed by atoms with Crippen LogP contribution in [0.5, 0.6) is 0 Å². The second-order valence-electron chi connectivity index (χ2n) is 5.55. The van der Waals surface area contributed by atoms with Gasteiger partial charge in [0, 0.05) is 22.6 Å². The maximum atomic E-state index is 12.2. The summed E-state index contributed by atoms with van der Waals surface area (Å²) in [5.74, 6) is 0.612. The van der Waals surface area contributed by atoms with Gasteiger partial charge in [-0.25, -0.2) is 8.42 Å². The number of benzene rings is 1. The van der Waals surface area contributed by atoms with E-state index in [-0.39, 0.29) is 11.3 Å². The molecule has 1 aromatic carbocycles. The maximum absolute atomic E-state index is 12.2. The topological polar surface area (TPSA) is 54.5 Å². The molecule has 1 aromatic heterocycles. The summed E-state index contributed by atoms with van der Waals surface area (Å²) in [5.41, 5.74) is 0.937. The fourth-order valence-corrected chi connectivity index (χ4v) is 5.42. The van der Waals surface area contributed by atoms with Crippen LogP contribution in [0.15, 0.2) is 41.3 Å². The van der Waals surface area contributed by atoms with Crippen molar-refractivity contribution in [3.8, 4) is 0 Å². The van der Waals surface area contributed by atoms with Crippen LogP contribution in [0.4, 0.5) is 0 Å². The van der Waals surface area contributed by atoms with Crippen molar-refractivity contribution in [2.75, 3.05) is 12.0 Å². The normalized spacial score (nSPS) is 18.6. The molecule has 2 heterocycles. The Bertz CT molecular complexity index is 825. The predicted octanol–water partition coefficient (Wildman–Crippen LogP) is 3.23. The molecule has 3 rings (SSSR count). The highest BCUT2D eigenvalue weighted by molar-refractivity contribution is 8.00. The number of hydrogen-bond acceptors (Lipinski definition) is 5. The lowest BCUT2D eigenvalue weighted by atomic mass is 10.2. The van der Waals surface area contributed by atoms with Crippen molar-refractivity contribution in [1.29, 1.82) is 0 Å². The first-order chi connectivity index (χ1) is 10.8. The lowest BCUT2D eigenvalue weighted by Crippen LogP contribution is -2.27. The largest absolute Gasteiger partial charge is 0.321 e. The van der Waals surface area contributed by atoms with Crippen molar-refractivity contribution in [1.82, 2.24) is 4.90 Å². The van der Waals surface area contributed by atoms with Crippen molar-refractivity contribution >= 4 is 38.8 Å². The van der Waals surface area contributed by atoms with Crippen LogP contribution in [0.1, 0.15) is 20.7 Å². The molecule has 0 saturated carbocycles.